The average molecular weight is 391 g/mol. The Bertz CT molecular complexity index is 699. The number of hydrogen-bond donors (Lipinski definition) is 1. The average Bonchev–Trinajstić information content (AvgIpc) is 3.02. The number of hydrogen-bond acceptors (Lipinski definition) is 5. The van der Waals surface area contributed by atoms with Gasteiger partial charge in [-0.1, -0.05) is 41.1 Å². The Balaban J connectivity index is 1.48. The number of anilines is 1. The minimum absolute atomic E-state index is 0.345. The summed E-state index contributed by atoms with van der Waals surface area (Å²) in [5, 5.41) is 13.6. The van der Waals surface area contributed by atoms with Gasteiger partial charge in [0.15, 0.2) is 5.01 Å². The van der Waals surface area contributed by atoms with E-state index in [2.05, 4.69) is 15.5 Å². The van der Waals surface area contributed by atoms with Gasteiger partial charge in [0.1, 0.15) is 0 Å². The number of likely N-dealkylation sites (tertiary alicyclic amines) is 1. The first-order valence-electron chi connectivity index (χ1n) is 8.02. The van der Waals surface area contributed by atoms with E-state index < -0.39 is 12.7 Å². The van der Waals surface area contributed by atoms with Crippen molar-refractivity contribution in [3.8, 4) is 10.6 Å². The van der Waals surface area contributed by atoms with E-state index in [0.717, 1.165) is 23.4 Å². The molecule has 3 rings (SSSR count). The number of alkyl halides is 3. The molecule has 25 heavy (non-hydrogen) atoms. The van der Waals surface area contributed by atoms with Crippen molar-refractivity contribution >= 4 is 28.1 Å². The quantitative estimate of drug-likeness (QED) is 0.813. The lowest BCUT2D eigenvalue weighted by molar-refractivity contribution is -0.148. The SMILES string of the molecule is FC(F)(F)CN1CCC(CNc2nnc(-c3ccccc3Cl)s2)CC1. The van der Waals surface area contributed by atoms with E-state index in [1.165, 1.54) is 16.2 Å². The molecule has 2 heterocycles. The van der Waals surface area contributed by atoms with E-state index in [4.69, 9.17) is 11.6 Å². The van der Waals surface area contributed by atoms with Crippen LogP contribution in [0.25, 0.3) is 10.6 Å². The fourth-order valence-electron chi connectivity index (χ4n) is 2.87. The van der Waals surface area contributed by atoms with Gasteiger partial charge in [-0.2, -0.15) is 13.2 Å². The summed E-state index contributed by atoms with van der Waals surface area (Å²) in [7, 11) is 0. The van der Waals surface area contributed by atoms with Crippen LogP contribution in [0.3, 0.4) is 0 Å². The molecule has 4 nitrogen and oxygen atoms in total. The van der Waals surface area contributed by atoms with Crippen molar-refractivity contribution in [2.45, 2.75) is 19.0 Å². The van der Waals surface area contributed by atoms with E-state index in [0.29, 0.717) is 35.7 Å². The lowest BCUT2D eigenvalue weighted by Gasteiger charge is -2.32. The zero-order chi connectivity index (χ0) is 17.9. The summed E-state index contributed by atoms with van der Waals surface area (Å²) in [5.74, 6) is 0.345. The van der Waals surface area contributed by atoms with Gasteiger partial charge in [-0.3, -0.25) is 4.90 Å². The minimum Gasteiger partial charge on any atom is -0.360 e. The molecule has 0 unspecified atom stereocenters. The summed E-state index contributed by atoms with van der Waals surface area (Å²) in [6.45, 7) is 0.835. The molecule has 0 radical (unpaired) electrons. The molecule has 0 aliphatic carbocycles. The number of nitrogens with one attached hydrogen (secondary N) is 1. The molecule has 1 N–H and O–H groups in total. The van der Waals surface area contributed by atoms with Gasteiger partial charge in [-0.15, -0.1) is 10.2 Å². The maximum Gasteiger partial charge on any atom is 0.401 e. The van der Waals surface area contributed by atoms with Crippen molar-refractivity contribution < 1.29 is 13.2 Å². The molecule has 0 amide bonds. The number of aromatic nitrogens is 2. The van der Waals surface area contributed by atoms with Crippen LogP contribution in [-0.4, -0.2) is 47.5 Å². The third-order valence-corrected chi connectivity index (χ3v) is 5.43. The molecule has 1 aliphatic heterocycles. The number of nitrogens with zero attached hydrogens (tertiary/aromatic N) is 3. The molecule has 2 aromatic rings. The van der Waals surface area contributed by atoms with Crippen molar-refractivity contribution in [1.82, 2.24) is 15.1 Å². The van der Waals surface area contributed by atoms with E-state index in [1.54, 1.807) is 6.07 Å². The monoisotopic (exact) mass is 390 g/mol. The predicted octanol–water partition coefficient (Wildman–Crippen LogP) is 4.54. The van der Waals surface area contributed by atoms with Gasteiger partial charge in [0.25, 0.3) is 0 Å². The minimum atomic E-state index is -4.12. The summed E-state index contributed by atoms with van der Waals surface area (Å²) >= 11 is 7.58. The van der Waals surface area contributed by atoms with Gasteiger partial charge in [0.05, 0.1) is 11.6 Å². The van der Waals surface area contributed by atoms with Crippen LogP contribution in [0.1, 0.15) is 12.8 Å². The fraction of sp³-hybridized carbons (Fsp3) is 0.500. The van der Waals surface area contributed by atoms with E-state index in [9.17, 15) is 13.2 Å². The summed E-state index contributed by atoms with van der Waals surface area (Å²) in [5.41, 5.74) is 0.843. The van der Waals surface area contributed by atoms with Crippen LogP contribution < -0.4 is 5.32 Å². The molecule has 1 fully saturated rings. The highest BCUT2D eigenvalue weighted by Crippen LogP contribution is 2.32. The Hall–Kier alpha value is -1.38. The molecule has 0 saturated carbocycles. The van der Waals surface area contributed by atoms with Crippen LogP contribution in [0.4, 0.5) is 18.3 Å². The van der Waals surface area contributed by atoms with Crippen molar-refractivity contribution in [2.24, 2.45) is 5.92 Å². The Kier molecular flexibility index (Phi) is 5.81. The third kappa shape index (κ3) is 5.29. The van der Waals surface area contributed by atoms with E-state index in [1.807, 2.05) is 18.2 Å². The third-order valence-electron chi connectivity index (χ3n) is 4.18. The summed E-state index contributed by atoms with van der Waals surface area (Å²) in [6.07, 6.45) is -2.62. The maximum atomic E-state index is 12.4. The Morgan fingerprint density at radius 3 is 2.60 bits per heavy atom. The van der Waals surface area contributed by atoms with Crippen LogP contribution >= 0.6 is 22.9 Å². The predicted molar refractivity (Wildman–Crippen MR) is 94.1 cm³/mol. The number of benzene rings is 1. The second-order valence-corrected chi connectivity index (χ2v) is 7.49. The lowest BCUT2D eigenvalue weighted by Crippen LogP contribution is -2.41. The van der Waals surface area contributed by atoms with Crippen LogP contribution in [0.5, 0.6) is 0 Å². The molecule has 1 aromatic carbocycles. The van der Waals surface area contributed by atoms with Crippen LogP contribution in [-0.2, 0) is 0 Å². The number of halogens is 4. The van der Waals surface area contributed by atoms with Crippen molar-refractivity contribution in [3.05, 3.63) is 29.3 Å². The molecule has 0 atom stereocenters. The van der Waals surface area contributed by atoms with Crippen molar-refractivity contribution in [3.63, 3.8) is 0 Å². The Morgan fingerprint density at radius 1 is 1.20 bits per heavy atom. The van der Waals surface area contributed by atoms with Crippen LogP contribution in [0.2, 0.25) is 5.02 Å². The highest BCUT2D eigenvalue weighted by molar-refractivity contribution is 7.18. The maximum absolute atomic E-state index is 12.4. The first-order chi connectivity index (χ1) is 11.9. The molecule has 1 aromatic heterocycles. The standard InChI is InChI=1S/C16H18ClF3N4S/c17-13-4-2-1-3-12(13)14-22-23-15(25-14)21-9-11-5-7-24(8-6-11)10-16(18,19)20/h1-4,11H,5-10H2,(H,21,23). The first-order valence-corrected chi connectivity index (χ1v) is 9.21. The zero-order valence-electron chi connectivity index (χ0n) is 13.4. The van der Waals surface area contributed by atoms with Gasteiger partial charge >= 0.3 is 6.18 Å². The van der Waals surface area contributed by atoms with E-state index >= 15 is 0 Å². The molecular formula is C16H18ClF3N4S. The smallest absolute Gasteiger partial charge is 0.360 e. The fourth-order valence-corrected chi connectivity index (χ4v) is 3.94. The lowest BCUT2D eigenvalue weighted by atomic mass is 9.97. The molecular weight excluding hydrogens is 373 g/mol. The Morgan fingerprint density at radius 2 is 1.92 bits per heavy atom. The number of piperidine rings is 1. The van der Waals surface area contributed by atoms with Crippen LogP contribution in [0, 0.1) is 5.92 Å². The summed E-state index contributed by atoms with van der Waals surface area (Å²) in [4.78, 5) is 1.47. The van der Waals surface area contributed by atoms with Crippen LogP contribution in [0.15, 0.2) is 24.3 Å². The highest BCUT2D eigenvalue weighted by Gasteiger charge is 2.32. The van der Waals surface area contributed by atoms with Crippen molar-refractivity contribution in [1.29, 1.82) is 0 Å². The molecule has 9 heteroatoms. The highest BCUT2D eigenvalue weighted by atomic mass is 35.5. The number of rotatable bonds is 5. The van der Waals surface area contributed by atoms with Gasteiger partial charge in [0, 0.05) is 12.1 Å². The topological polar surface area (TPSA) is 41.0 Å². The van der Waals surface area contributed by atoms with Gasteiger partial charge < -0.3 is 5.32 Å². The normalized spacial score (nSPS) is 17.0. The van der Waals surface area contributed by atoms with Gasteiger partial charge in [0.2, 0.25) is 5.13 Å². The summed E-state index contributed by atoms with van der Waals surface area (Å²) in [6, 6.07) is 7.45. The Labute approximate surface area is 153 Å². The van der Waals surface area contributed by atoms with Gasteiger partial charge in [-0.25, -0.2) is 0 Å². The first kappa shape index (κ1) is 18.4. The van der Waals surface area contributed by atoms with Crippen molar-refractivity contribution in [2.75, 3.05) is 31.5 Å². The molecule has 1 saturated heterocycles. The molecule has 0 bridgehead atoms. The summed E-state index contributed by atoms with van der Waals surface area (Å²) < 4.78 is 37.2. The largest absolute Gasteiger partial charge is 0.401 e. The molecule has 0 spiro atoms. The molecule has 136 valence electrons. The molecule has 1 aliphatic rings. The second kappa shape index (κ2) is 7.88. The van der Waals surface area contributed by atoms with E-state index in [-0.39, 0.29) is 0 Å². The second-order valence-electron chi connectivity index (χ2n) is 6.11. The zero-order valence-corrected chi connectivity index (χ0v) is 15.0. The van der Waals surface area contributed by atoms with Gasteiger partial charge in [-0.05, 0) is 37.9 Å².